The van der Waals surface area contributed by atoms with Crippen molar-refractivity contribution >= 4 is 5.91 Å². The molecule has 100 valence electrons. The van der Waals surface area contributed by atoms with Gasteiger partial charge in [0.25, 0.3) is 0 Å². The van der Waals surface area contributed by atoms with Gasteiger partial charge >= 0.3 is 0 Å². The van der Waals surface area contributed by atoms with Gasteiger partial charge in [-0.25, -0.2) is 8.78 Å². The van der Waals surface area contributed by atoms with Crippen molar-refractivity contribution in [2.75, 3.05) is 19.6 Å². The van der Waals surface area contributed by atoms with Gasteiger partial charge in [-0.05, 0) is 31.7 Å². The molecule has 0 saturated heterocycles. The van der Waals surface area contributed by atoms with E-state index in [1.807, 2.05) is 6.92 Å². The van der Waals surface area contributed by atoms with E-state index in [-0.39, 0.29) is 31.2 Å². The fourth-order valence-electron chi connectivity index (χ4n) is 2.17. The summed E-state index contributed by atoms with van der Waals surface area (Å²) in [5, 5.41) is 5.69. The lowest BCUT2D eigenvalue weighted by Gasteiger charge is -2.28. The molecular weight excluding hydrogens is 226 g/mol. The molecule has 5 heteroatoms. The van der Waals surface area contributed by atoms with Gasteiger partial charge in [0, 0.05) is 19.4 Å². The number of nitrogens with one attached hydrogen (secondary N) is 2. The minimum Gasteiger partial charge on any atom is -0.355 e. The molecule has 1 rings (SSSR count). The number of carbonyl (C=O) groups excluding carboxylic acids is 1. The third-order valence-corrected chi connectivity index (χ3v) is 3.03. The van der Waals surface area contributed by atoms with Crippen LogP contribution >= 0.6 is 0 Å². The van der Waals surface area contributed by atoms with E-state index in [4.69, 9.17) is 0 Å². The van der Waals surface area contributed by atoms with E-state index in [1.165, 1.54) is 0 Å². The molecule has 3 nitrogen and oxygen atoms in total. The van der Waals surface area contributed by atoms with Crippen molar-refractivity contribution < 1.29 is 13.6 Å². The molecule has 0 radical (unpaired) electrons. The van der Waals surface area contributed by atoms with Gasteiger partial charge in [0.05, 0.1) is 6.54 Å². The first kappa shape index (κ1) is 14.4. The van der Waals surface area contributed by atoms with Crippen LogP contribution in [-0.2, 0) is 4.79 Å². The predicted octanol–water partition coefficient (Wildman–Crippen LogP) is 1.93. The summed E-state index contributed by atoms with van der Waals surface area (Å²) in [6.45, 7) is 3.39. The van der Waals surface area contributed by atoms with E-state index in [1.54, 1.807) is 0 Å². The summed E-state index contributed by atoms with van der Waals surface area (Å²) in [7, 11) is 0. The fraction of sp³-hybridized carbons (Fsp3) is 0.917. The molecule has 0 bridgehead atoms. The molecule has 1 fully saturated rings. The molecule has 0 heterocycles. The Hall–Kier alpha value is -0.710. The Balaban J connectivity index is 2.12. The molecule has 0 aromatic heterocycles. The maximum absolute atomic E-state index is 13.1. The molecule has 0 aliphatic heterocycles. The lowest BCUT2D eigenvalue weighted by molar-refractivity contribution is -0.120. The Morgan fingerprint density at radius 3 is 2.88 bits per heavy atom. The third-order valence-electron chi connectivity index (χ3n) is 3.03. The number of hydrogen-bond acceptors (Lipinski definition) is 2. The summed E-state index contributed by atoms with van der Waals surface area (Å²) in [4.78, 5) is 11.2. The van der Waals surface area contributed by atoms with E-state index in [2.05, 4.69) is 10.6 Å². The van der Waals surface area contributed by atoms with Crippen LogP contribution in [0.3, 0.4) is 0 Å². The van der Waals surface area contributed by atoms with Crippen molar-refractivity contribution in [2.45, 2.75) is 45.0 Å². The summed E-state index contributed by atoms with van der Waals surface area (Å²) in [5.74, 6) is -2.57. The van der Waals surface area contributed by atoms with Crippen LogP contribution in [0.5, 0.6) is 0 Å². The highest BCUT2D eigenvalue weighted by molar-refractivity contribution is 5.77. The van der Waals surface area contributed by atoms with Crippen molar-refractivity contribution in [1.82, 2.24) is 10.6 Å². The normalized spacial score (nSPS) is 23.4. The topological polar surface area (TPSA) is 41.1 Å². The predicted molar refractivity (Wildman–Crippen MR) is 63.1 cm³/mol. The maximum atomic E-state index is 13.1. The van der Waals surface area contributed by atoms with E-state index in [0.717, 1.165) is 12.8 Å². The summed E-state index contributed by atoms with van der Waals surface area (Å²) in [6.07, 6.45) is 2.29. The van der Waals surface area contributed by atoms with Crippen LogP contribution in [0.1, 0.15) is 39.0 Å². The van der Waals surface area contributed by atoms with Crippen molar-refractivity contribution in [3.05, 3.63) is 0 Å². The number of hydrogen-bond donors (Lipinski definition) is 2. The Morgan fingerprint density at radius 2 is 2.24 bits per heavy atom. The minimum absolute atomic E-state index is 0.00211. The fourth-order valence-corrected chi connectivity index (χ4v) is 2.17. The number of rotatable bonds is 6. The average molecular weight is 248 g/mol. The first-order valence-corrected chi connectivity index (χ1v) is 6.39. The van der Waals surface area contributed by atoms with Crippen molar-refractivity contribution in [2.24, 2.45) is 5.92 Å². The van der Waals surface area contributed by atoms with Crippen LogP contribution < -0.4 is 10.6 Å². The summed E-state index contributed by atoms with van der Waals surface area (Å²) in [5.41, 5.74) is 0. The smallest absolute Gasteiger partial charge is 0.248 e. The van der Waals surface area contributed by atoms with Crippen LogP contribution in [0.4, 0.5) is 8.78 Å². The zero-order valence-electron chi connectivity index (χ0n) is 10.4. The van der Waals surface area contributed by atoms with Gasteiger partial charge in [0.1, 0.15) is 0 Å². The quantitative estimate of drug-likeness (QED) is 0.754. The molecule has 1 unspecified atom stereocenters. The van der Waals surface area contributed by atoms with E-state index in [0.29, 0.717) is 19.5 Å². The number of alkyl halides is 2. The zero-order chi connectivity index (χ0) is 12.7. The summed E-state index contributed by atoms with van der Waals surface area (Å²) >= 11 is 0. The highest BCUT2D eigenvalue weighted by atomic mass is 19.3. The SMILES string of the molecule is CCCNC(=O)CNCC1CCCC(F)(F)C1. The van der Waals surface area contributed by atoms with Gasteiger partial charge in [-0.3, -0.25) is 4.79 Å². The lowest BCUT2D eigenvalue weighted by Crippen LogP contribution is -2.38. The largest absolute Gasteiger partial charge is 0.355 e. The molecule has 1 aliphatic carbocycles. The Bertz CT molecular complexity index is 247. The standard InChI is InChI=1S/C12H22F2N2O/c1-2-6-16-11(17)9-15-8-10-4-3-5-12(13,14)7-10/h10,15H,2-9H2,1H3,(H,16,17). The second kappa shape index (κ2) is 6.89. The first-order chi connectivity index (χ1) is 8.03. The van der Waals surface area contributed by atoms with Gasteiger partial charge in [0.15, 0.2) is 0 Å². The maximum Gasteiger partial charge on any atom is 0.248 e. The molecule has 0 aromatic rings. The minimum atomic E-state index is -2.50. The van der Waals surface area contributed by atoms with Crippen molar-refractivity contribution in [3.63, 3.8) is 0 Å². The van der Waals surface area contributed by atoms with Crippen molar-refractivity contribution in [1.29, 1.82) is 0 Å². The van der Waals surface area contributed by atoms with Gasteiger partial charge in [-0.15, -0.1) is 0 Å². The van der Waals surface area contributed by atoms with Crippen LogP contribution in [-0.4, -0.2) is 31.5 Å². The van der Waals surface area contributed by atoms with Crippen LogP contribution in [0.25, 0.3) is 0 Å². The molecule has 1 aliphatic rings. The number of carbonyl (C=O) groups is 1. The third kappa shape index (κ3) is 5.96. The number of amides is 1. The highest BCUT2D eigenvalue weighted by Crippen LogP contribution is 2.36. The molecule has 2 N–H and O–H groups in total. The first-order valence-electron chi connectivity index (χ1n) is 6.39. The van der Waals surface area contributed by atoms with Gasteiger partial charge in [-0.2, -0.15) is 0 Å². The van der Waals surface area contributed by atoms with Gasteiger partial charge in [-0.1, -0.05) is 6.92 Å². The summed E-state index contributed by atoms with van der Waals surface area (Å²) < 4.78 is 26.2. The molecule has 0 aromatic carbocycles. The molecule has 17 heavy (non-hydrogen) atoms. The van der Waals surface area contributed by atoms with Gasteiger partial charge < -0.3 is 10.6 Å². The van der Waals surface area contributed by atoms with E-state index in [9.17, 15) is 13.6 Å². The van der Waals surface area contributed by atoms with Crippen LogP contribution in [0.15, 0.2) is 0 Å². The van der Waals surface area contributed by atoms with Crippen LogP contribution in [0, 0.1) is 5.92 Å². The Labute approximate surface area is 101 Å². The Morgan fingerprint density at radius 1 is 1.47 bits per heavy atom. The van der Waals surface area contributed by atoms with Gasteiger partial charge in [0.2, 0.25) is 11.8 Å². The monoisotopic (exact) mass is 248 g/mol. The second-order valence-electron chi connectivity index (χ2n) is 4.80. The molecule has 1 atom stereocenters. The lowest BCUT2D eigenvalue weighted by atomic mass is 9.86. The van der Waals surface area contributed by atoms with Crippen LogP contribution in [0.2, 0.25) is 0 Å². The number of halogens is 2. The Kier molecular flexibility index (Phi) is 5.82. The van der Waals surface area contributed by atoms with Crippen molar-refractivity contribution in [3.8, 4) is 0 Å². The molecule has 1 saturated carbocycles. The van der Waals surface area contributed by atoms with E-state index >= 15 is 0 Å². The van der Waals surface area contributed by atoms with E-state index < -0.39 is 5.92 Å². The average Bonchev–Trinajstić information content (AvgIpc) is 2.25. The zero-order valence-corrected chi connectivity index (χ0v) is 10.4. The summed E-state index contributed by atoms with van der Waals surface area (Å²) in [6, 6.07) is 0. The highest BCUT2D eigenvalue weighted by Gasteiger charge is 2.35. The second-order valence-corrected chi connectivity index (χ2v) is 4.80. The molecule has 1 amide bonds. The molecular formula is C12H22F2N2O. The molecule has 0 spiro atoms.